The number of nitrogens with one attached hydrogen (secondary N) is 1. The minimum absolute atomic E-state index is 0.0255. The van der Waals surface area contributed by atoms with Gasteiger partial charge < -0.3 is 0 Å². The van der Waals surface area contributed by atoms with Crippen molar-refractivity contribution in [3.05, 3.63) is 34.3 Å². The molecular formula is C14H18BrNO5S2. The van der Waals surface area contributed by atoms with Crippen LogP contribution in [0.15, 0.2) is 28.7 Å². The van der Waals surface area contributed by atoms with Gasteiger partial charge in [0.2, 0.25) is 15.9 Å². The van der Waals surface area contributed by atoms with Crippen LogP contribution in [0.2, 0.25) is 0 Å². The molecule has 128 valence electrons. The number of benzene rings is 1. The van der Waals surface area contributed by atoms with Gasteiger partial charge in [-0.2, -0.15) is 0 Å². The molecule has 0 aliphatic heterocycles. The summed E-state index contributed by atoms with van der Waals surface area (Å²) in [6.07, 6.45) is 1.64. The third-order valence-corrected chi connectivity index (χ3v) is 6.51. The van der Waals surface area contributed by atoms with Gasteiger partial charge in [-0.15, -0.1) is 0 Å². The van der Waals surface area contributed by atoms with Crippen LogP contribution in [-0.4, -0.2) is 40.5 Å². The first-order valence-electron chi connectivity index (χ1n) is 7.05. The smallest absolute Gasteiger partial charge is 0.237 e. The van der Waals surface area contributed by atoms with Crippen molar-refractivity contribution in [2.75, 3.05) is 17.8 Å². The Kier molecular flexibility index (Phi) is 5.52. The van der Waals surface area contributed by atoms with Gasteiger partial charge in [-0.1, -0.05) is 28.1 Å². The second kappa shape index (κ2) is 6.90. The van der Waals surface area contributed by atoms with Gasteiger partial charge in [0.05, 0.1) is 11.5 Å². The number of sulfonamides is 1. The highest BCUT2D eigenvalue weighted by Crippen LogP contribution is 2.47. The third-order valence-electron chi connectivity index (χ3n) is 3.61. The maximum absolute atomic E-state index is 12.0. The van der Waals surface area contributed by atoms with Crippen molar-refractivity contribution >= 4 is 41.7 Å². The van der Waals surface area contributed by atoms with E-state index in [9.17, 15) is 21.6 Å². The molecule has 9 heteroatoms. The number of hydrogen-bond acceptors (Lipinski definition) is 5. The average molecular weight is 424 g/mol. The van der Waals surface area contributed by atoms with Gasteiger partial charge in [-0.05, 0) is 36.5 Å². The highest BCUT2D eigenvalue weighted by Gasteiger charge is 2.44. The quantitative estimate of drug-likeness (QED) is 0.715. The lowest BCUT2D eigenvalue weighted by Gasteiger charge is -2.06. The number of sulfone groups is 1. The van der Waals surface area contributed by atoms with E-state index < -0.39 is 25.8 Å². The van der Waals surface area contributed by atoms with Crippen molar-refractivity contribution in [2.45, 2.75) is 18.8 Å². The summed E-state index contributed by atoms with van der Waals surface area (Å²) in [4.78, 5) is 12.0. The Morgan fingerprint density at radius 1 is 1.17 bits per heavy atom. The average Bonchev–Trinajstić information content (AvgIpc) is 3.17. The zero-order valence-corrected chi connectivity index (χ0v) is 15.7. The fraction of sp³-hybridized carbons (Fsp3) is 0.500. The minimum Gasteiger partial charge on any atom is -0.274 e. The Labute approximate surface area is 144 Å². The molecule has 0 saturated heterocycles. The summed E-state index contributed by atoms with van der Waals surface area (Å²) in [7, 11) is -7.00. The topological polar surface area (TPSA) is 97.4 Å². The van der Waals surface area contributed by atoms with E-state index >= 15 is 0 Å². The van der Waals surface area contributed by atoms with Gasteiger partial charge >= 0.3 is 0 Å². The van der Waals surface area contributed by atoms with Crippen LogP contribution in [0.4, 0.5) is 0 Å². The van der Waals surface area contributed by atoms with E-state index in [0.717, 1.165) is 16.3 Å². The van der Waals surface area contributed by atoms with Crippen molar-refractivity contribution in [1.82, 2.24) is 4.72 Å². The summed E-state index contributed by atoms with van der Waals surface area (Å²) in [5, 5.41) is 0. The van der Waals surface area contributed by atoms with Gasteiger partial charge in [0.1, 0.15) is 9.84 Å². The summed E-state index contributed by atoms with van der Waals surface area (Å²) in [6, 6.07) is 7.57. The Balaban J connectivity index is 1.86. The van der Waals surface area contributed by atoms with Crippen LogP contribution in [-0.2, 0) is 24.7 Å². The number of amides is 1. The van der Waals surface area contributed by atoms with E-state index in [2.05, 4.69) is 15.9 Å². The molecule has 1 saturated carbocycles. The van der Waals surface area contributed by atoms with E-state index in [4.69, 9.17) is 0 Å². The van der Waals surface area contributed by atoms with Crippen LogP contribution < -0.4 is 4.72 Å². The van der Waals surface area contributed by atoms with Crippen LogP contribution in [0.3, 0.4) is 0 Å². The molecule has 0 radical (unpaired) electrons. The lowest BCUT2D eigenvalue weighted by Crippen LogP contribution is -2.34. The molecule has 2 atom stereocenters. The predicted molar refractivity (Wildman–Crippen MR) is 91.2 cm³/mol. The van der Waals surface area contributed by atoms with Crippen molar-refractivity contribution in [3.63, 3.8) is 0 Å². The van der Waals surface area contributed by atoms with Gasteiger partial charge in [0.15, 0.2) is 0 Å². The normalized spacial score (nSPS) is 21.0. The van der Waals surface area contributed by atoms with Gasteiger partial charge in [-0.3, -0.25) is 9.52 Å². The maximum Gasteiger partial charge on any atom is 0.237 e. The van der Waals surface area contributed by atoms with E-state index in [-0.39, 0.29) is 29.8 Å². The Bertz CT molecular complexity index is 787. The fourth-order valence-electron chi connectivity index (χ4n) is 2.35. The Hall–Kier alpha value is -0.930. The number of halogens is 1. The fourth-order valence-corrected chi connectivity index (χ4v) is 4.55. The first-order valence-corrected chi connectivity index (χ1v) is 11.6. The van der Waals surface area contributed by atoms with E-state index in [1.165, 1.54) is 0 Å². The summed E-state index contributed by atoms with van der Waals surface area (Å²) >= 11 is 3.34. The SMILES string of the molecule is CS(=O)(=O)CCCS(=O)(=O)NC(=O)[C@@H]1C[C@H]1c1ccc(Br)cc1. The number of rotatable bonds is 7. The molecule has 1 aromatic rings. The first-order chi connectivity index (χ1) is 10.6. The zero-order valence-electron chi connectivity index (χ0n) is 12.5. The largest absolute Gasteiger partial charge is 0.274 e. The highest BCUT2D eigenvalue weighted by atomic mass is 79.9. The molecule has 0 aromatic heterocycles. The standard InChI is InChI=1S/C14H18BrNO5S2/c1-22(18,19)7-2-8-23(20,21)16-14(17)13-9-12(13)10-3-5-11(15)6-4-10/h3-6,12-13H,2,7-9H2,1H3,(H,16,17)/t12-,13+/m0/s1. The van der Waals surface area contributed by atoms with Gasteiger partial charge in [0.25, 0.3) is 0 Å². The Morgan fingerprint density at radius 2 is 1.78 bits per heavy atom. The van der Waals surface area contributed by atoms with Crippen molar-refractivity contribution < 1.29 is 21.6 Å². The highest BCUT2D eigenvalue weighted by molar-refractivity contribution is 9.10. The van der Waals surface area contributed by atoms with E-state index in [0.29, 0.717) is 6.42 Å². The molecule has 1 aliphatic rings. The summed E-state index contributed by atoms with van der Waals surface area (Å²) in [5.74, 6) is -1.42. The second-order valence-electron chi connectivity index (χ2n) is 5.77. The lowest BCUT2D eigenvalue weighted by molar-refractivity contribution is -0.120. The second-order valence-corrected chi connectivity index (χ2v) is 10.8. The van der Waals surface area contributed by atoms with Crippen LogP contribution in [0.1, 0.15) is 24.3 Å². The molecule has 0 heterocycles. The van der Waals surface area contributed by atoms with Crippen molar-refractivity contribution in [2.24, 2.45) is 5.92 Å². The number of carbonyl (C=O) groups is 1. The van der Waals surface area contributed by atoms with Gasteiger partial charge in [0, 0.05) is 16.6 Å². The third kappa shape index (κ3) is 5.89. The molecule has 23 heavy (non-hydrogen) atoms. The van der Waals surface area contributed by atoms with Gasteiger partial charge in [-0.25, -0.2) is 16.8 Å². The molecule has 1 fully saturated rings. The monoisotopic (exact) mass is 423 g/mol. The molecule has 1 amide bonds. The number of carbonyl (C=O) groups excluding carboxylic acids is 1. The van der Waals surface area contributed by atoms with Crippen molar-refractivity contribution in [3.8, 4) is 0 Å². The molecule has 0 unspecified atom stereocenters. The molecule has 1 aliphatic carbocycles. The van der Waals surface area contributed by atoms with E-state index in [1.54, 1.807) is 0 Å². The van der Waals surface area contributed by atoms with Crippen LogP contribution in [0.5, 0.6) is 0 Å². The molecule has 0 spiro atoms. The summed E-state index contributed by atoms with van der Waals surface area (Å²) in [6.45, 7) is 0. The molecule has 6 nitrogen and oxygen atoms in total. The maximum atomic E-state index is 12.0. The Morgan fingerprint density at radius 3 is 2.35 bits per heavy atom. The van der Waals surface area contributed by atoms with Crippen LogP contribution in [0.25, 0.3) is 0 Å². The molecule has 2 rings (SSSR count). The van der Waals surface area contributed by atoms with Crippen LogP contribution in [0, 0.1) is 5.92 Å². The molecule has 1 N–H and O–H groups in total. The lowest BCUT2D eigenvalue weighted by atomic mass is 10.1. The first kappa shape index (κ1) is 18.4. The predicted octanol–water partition coefficient (Wildman–Crippen LogP) is 1.43. The van der Waals surface area contributed by atoms with Crippen LogP contribution >= 0.6 is 15.9 Å². The van der Waals surface area contributed by atoms with Crippen molar-refractivity contribution in [1.29, 1.82) is 0 Å². The summed E-state index contributed by atoms with van der Waals surface area (Å²) in [5.41, 5.74) is 1.00. The van der Waals surface area contributed by atoms with E-state index in [1.807, 2.05) is 29.0 Å². The number of hydrogen-bond donors (Lipinski definition) is 1. The zero-order chi connectivity index (χ0) is 17.3. The molecular weight excluding hydrogens is 406 g/mol. The summed E-state index contributed by atoms with van der Waals surface area (Å²) < 4.78 is 48.6. The molecule has 0 bridgehead atoms. The molecule has 1 aromatic carbocycles. The minimum atomic E-state index is -3.79.